The molecule has 0 spiro atoms. The molecule has 1 aliphatic carbocycles. The first-order valence-corrected chi connectivity index (χ1v) is 6.14. The Balaban J connectivity index is 1.92. The van der Waals surface area contributed by atoms with Gasteiger partial charge in [0.25, 0.3) is 0 Å². The zero-order valence-electron chi connectivity index (χ0n) is 9.48. The Morgan fingerprint density at radius 2 is 2.20 bits per heavy atom. The average molecular weight is 211 g/mol. The lowest BCUT2D eigenvalue weighted by Crippen LogP contribution is -2.38. The van der Waals surface area contributed by atoms with Crippen LogP contribution in [0.1, 0.15) is 45.4 Å². The van der Waals surface area contributed by atoms with Crippen LogP contribution in [0.3, 0.4) is 0 Å². The summed E-state index contributed by atoms with van der Waals surface area (Å²) in [5.41, 5.74) is 0. The van der Waals surface area contributed by atoms with E-state index in [1.165, 1.54) is 25.7 Å². The molecule has 1 aliphatic heterocycles. The lowest BCUT2D eigenvalue weighted by atomic mass is 10.1. The highest BCUT2D eigenvalue weighted by atomic mass is 16.4. The summed E-state index contributed by atoms with van der Waals surface area (Å²) in [7, 11) is 0. The van der Waals surface area contributed by atoms with Crippen molar-refractivity contribution in [2.75, 3.05) is 6.54 Å². The van der Waals surface area contributed by atoms with Crippen LogP contribution in [0.4, 0.5) is 0 Å². The van der Waals surface area contributed by atoms with Gasteiger partial charge in [0, 0.05) is 12.1 Å². The summed E-state index contributed by atoms with van der Waals surface area (Å²) in [5, 5.41) is 8.86. The fourth-order valence-corrected chi connectivity index (χ4v) is 3.24. The maximum Gasteiger partial charge on any atom is 0.304 e. The largest absolute Gasteiger partial charge is 0.481 e. The van der Waals surface area contributed by atoms with Crippen molar-refractivity contribution in [3.63, 3.8) is 0 Å². The molecule has 15 heavy (non-hydrogen) atoms. The predicted molar refractivity (Wildman–Crippen MR) is 58.8 cm³/mol. The van der Waals surface area contributed by atoms with Crippen LogP contribution in [-0.4, -0.2) is 34.6 Å². The normalized spacial score (nSPS) is 37.3. The topological polar surface area (TPSA) is 40.5 Å². The second-order valence-corrected chi connectivity index (χ2v) is 5.20. The van der Waals surface area contributed by atoms with Crippen molar-refractivity contribution in [1.82, 2.24) is 4.90 Å². The fourth-order valence-electron chi connectivity index (χ4n) is 3.24. The number of carbonyl (C=O) groups is 1. The Hall–Kier alpha value is -0.570. The SMILES string of the molecule is CC1CCC(N2CCCC2CC(=O)O)C1. The van der Waals surface area contributed by atoms with Crippen molar-refractivity contribution in [2.24, 2.45) is 5.92 Å². The van der Waals surface area contributed by atoms with Crippen molar-refractivity contribution in [2.45, 2.75) is 57.5 Å². The van der Waals surface area contributed by atoms with Gasteiger partial charge in [0.2, 0.25) is 0 Å². The van der Waals surface area contributed by atoms with E-state index in [9.17, 15) is 4.79 Å². The molecule has 0 bridgehead atoms. The predicted octanol–water partition coefficient (Wildman–Crippen LogP) is 2.11. The molecule has 1 N–H and O–H groups in total. The molecule has 3 atom stereocenters. The molecule has 2 aliphatic rings. The second kappa shape index (κ2) is 4.52. The molecule has 0 aromatic carbocycles. The molecule has 1 saturated carbocycles. The van der Waals surface area contributed by atoms with Gasteiger partial charge in [0.1, 0.15) is 0 Å². The van der Waals surface area contributed by atoms with Gasteiger partial charge in [-0.2, -0.15) is 0 Å². The summed E-state index contributed by atoms with van der Waals surface area (Å²) in [5.74, 6) is 0.194. The number of nitrogens with zero attached hydrogens (tertiary/aromatic N) is 1. The third kappa shape index (κ3) is 2.51. The number of carboxylic acid groups (broad SMARTS) is 1. The Labute approximate surface area is 91.5 Å². The molecular formula is C12H21NO2. The number of rotatable bonds is 3. The zero-order valence-corrected chi connectivity index (χ0v) is 9.48. The summed E-state index contributed by atoms with van der Waals surface area (Å²) in [6.45, 7) is 3.43. The monoisotopic (exact) mass is 211 g/mol. The van der Waals surface area contributed by atoms with Crippen LogP contribution in [0, 0.1) is 5.92 Å². The molecule has 2 fully saturated rings. The summed E-state index contributed by atoms with van der Waals surface area (Å²) < 4.78 is 0. The third-order valence-corrected chi connectivity index (χ3v) is 3.97. The van der Waals surface area contributed by atoms with E-state index >= 15 is 0 Å². The van der Waals surface area contributed by atoms with Crippen LogP contribution >= 0.6 is 0 Å². The van der Waals surface area contributed by atoms with Crippen molar-refractivity contribution in [1.29, 1.82) is 0 Å². The smallest absolute Gasteiger partial charge is 0.304 e. The maximum absolute atomic E-state index is 10.8. The lowest BCUT2D eigenvalue weighted by molar-refractivity contribution is -0.138. The minimum atomic E-state index is -0.641. The molecule has 0 radical (unpaired) electrons. The fraction of sp³-hybridized carbons (Fsp3) is 0.917. The van der Waals surface area contributed by atoms with Crippen LogP contribution in [0.15, 0.2) is 0 Å². The summed E-state index contributed by atoms with van der Waals surface area (Å²) in [4.78, 5) is 13.2. The molecule has 2 rings (SSSR count). The Morgan fingerprint density at radius 1 is 1.40 bits per heavy atom. The van der Waals surface area contributed by atoms with E-state index in [4.69, 9.17) is 5.11 Å². The highest BCUT2D eigenvalue weighted by Crippen LogP contribution is 2.34. The molecule has 0 aromatic rings. The number of likely N-dealkylation sites (tertiary alicyclic amines) is 1. The van der Waals surface area contributed by atoms with Crippen molar-refractivity contribution < 1.29 is 9.90 Å². The molecule has 0 amide bonds. The molecule has 3 nitrogen and oxygen atoms in total. The van der Waals surface area contributed by atoms with E-state index < -0.39 is 5.97 Å². The molecular weight excluding hydrogens is 190 g/mol. The minimum absolute atomic E-state index is 0.317. The van der Waals surface area contributed by atoms with Gasteiger partial charge in [-0.3, -0.25) is 9.69 Å². The first-order chi connectivity index (χ1) is 7.16. The molecule has 0 aromatic heterocycles. The first-order valence-electron chi connectivity index (χ1n) is 6.14. The standard InChI is InChI=1S/C12H21NO2/c1-9-4-5-11(7-9)13-6-2-3-10(13)8-12(14)15/h9-11H,2-8H2,1H3,(H,14,15). The lowest BCUT2D eigenvalue weighted by Gasteiger charge is -2.29. The quantitative estimate of drug-likeness (QED) is 0.777. The zero-order chi connectivity index (χ0) is 10.8. The molecule has 1 saturated heterocycles. The number of carboxylic acids is 1. The Kier molecular flexibility index (Phi) is 3.29. The third-order valence-electron chi connectivity index (χ3n) is 3.97. The number of hydrogen-bond donors (Lipinski definition) is 1. The van der Waals surface area contributed by atoms with Crippen molar-refractivity contribution in [3.05, 3.63) is 0 Å². The summed E-state index contributed by atoms with van der Waals surface area (Å²) in [6, 6.07) is 0.990. The van der Waals surface area contributed by atoms with Gasteiger partial charge in [-0.1, -0.05) is 6.92 Å². The van der Waals surface area contributed by atoms with Gasteiger partial charge < -0.3 is 5.11 Å². The van der Waals surface area contributed by atoms with E-state index in [0.29, 0.717) is 18.5 Å². The van der Waals surface area contributed by atoms with E-state index in [1.54, 1.807) is 0 Å². The molecule has 3 heteroatoms. The van der Waals surface area contributed by atoms with Crippen LogP contribution in [0.2, 0.25) is 0 Å². The highest BCUT2D eigenvalue weighted by molar-refractivity contribution is 5.67. The van der Waals surface area contributed by atoms with E-state index in [2.05, 4.69) is 11.8 Å². The highest BCUT2D eigenvalue weighted by Gasteiger charge is 2.35. The average Bonchev–Trinajstić information content (AvgIpc) is 2.72. The van der Waals surface area contributed by atoms with Gasteiger partial charge in [-0.25, -0.2) is 0 Å². The van der Waals surface area contributed by atoms with E-state index in [-0.39, 0.29) is 0 Å². The summed E-state index contributed by atoms with van der Waals surface area (Å²) in [6.07, 6.45) is 6.47. The number of hydrogen-bond acceptors (Lipinski definition) is 2. The van der Waals surface area contributed by atoms with Gasteiger partial charge in [-0.15, -0.1) is 0 Å². The van der Waals surface area contributed by atoms with Gasteiger partial charge in [0.15, 0.2) is 0 Å². The molecule has 3 unspecified atom stereocenters. The maximum atomic E-state index is 10.8. The van der Waals surface area contributed by atoms with Crippen LogP contribution in [0.25, 0.3) is 0 Å². The van der Waals surface area contributed by atoms with Crippen LogP contribution < -0.4 is 0 Å². The first kappa shape index (κ1) is 10.9. The summed E-state index contributed by atoms with van der Waals surface area (Å²) >= 11 is 0. The van der Waals surface area contributed by atoms with Gasteiger partial charge in [0.05, 0.1) is 6.42 Å². The van der Waals surface area contributed by atoms with E-state index in [0.717, 1.165) is 18.9 Å². The van der Waals surface area contributed by atoms with Crippen LogP contribution in [-0.2, 0) is 4.79 Å². The van der Waals surface area contributed by atoms with Gasteiger partial charge in [-0.05, 0) is 44.6 Å². The van der Waals surface area contributed by atoms with Crippen molar-refractivity contribution in [3.8, 4) is 0 Å². The Morgan fingerprint density at radius 3 is 2.80 bits per heavy atom. The molecule has 1 heterocycles. The van der Waals surface area contributed by atoms with E-state index in [1.807, 2.05) is 0 Å². The number of aliphatic carboxylic acids is 1. The van der Waals surface area contributed by atoms with Gasteiger partial charge >= 0.3 is 5.97 Å². The van der Waals surface area contributed by atoms with Crippen LogP contribution in [0.5, 0.6) is 0 Å². The van der Waals surface area contributed by atoms with Crippen molar-refractivity contribution >= 4 is 5.97 Å². The second-order valence-electron chi connectivity index (χ2n) is 5.20. The minimum Gasteiger partial charge on any atom is -0.481 e. The molecule has 86 valence electrons. The Bertz CT molecular complexity index is 242.